The van der Waals surface area contributed by atoms with Crippen LogP contribution >= 0.6 is 11.3 Å². The lowest BCUT2D eigenvalue weighted by molar-refractivity contribution is -0.131. The maximum absolute atomic E-state index is 11.7. The fourth-order valence-corrected chi connectivity index (χ4v) is 2.14. The van der Waals surface area contributed by atoms with Gasteiger partial charge in [-0.25, -0.2) is 14.8 Å². The highest BCUT2D eigenvalue weighted by atomic mass is 32.1. The van der Waals surface area contributed by atoms with Crippen LogP contribution in [0.1, 0.15) is 11.3 Å². The molecular weight excluding hydrogens is 280 g/mol. The number of aromatic nitrogens is 3. The Bertz CT molecular complexity index is 618. The van der Waals surface area contributed by atoms with Crippen LogP contribution < -0.4 is 5.32 Å². The van der Waals surface area contributed by atoms with E-state index in [4.69, 9.17) is 5.11 Å². The fraction of sp³-hybridized carbons (Fsp3) is 0.167. The van der Waals surface area contributed by atoms with Crippen molar-refractivity contribution in [3.8, 4) is 0 Å². The number of nitrogens with zero attached hydrogens (tertiary/aromatic N) is 3. The molecule has 20 heavy (non-hydrogen) atoms. The van der Waals surface area contributed by atoms with E-state index in [0.29, 0.717) is 23.0 Å². The molecule has 0 saturated carbocycles. The Kier molecular flexibility index (Phi) is 4.61. The maximum Gasteiger partial charge on any atom is 0.328 e. The summed E-state index contributed by atoms with van der Waals surface area (Å²) in [4.78, 5) is 30.6. The van der Waals surface area contributed by atoms with Gasteiger partial charge in [-0.3, -0.25) is 4.79 Å². The predicted molar refractivity (Wildman–Crippen MR) is 74.3 cm³/mol. The SMILES string of the molecule is O=C(O)C=Cc1cnc(NC(=O)CCn2ccnc2)s1. The highest BCUT2D eigenvalue weighted by Crippen LogP contribution is 2.19. The normalized spacial score (nSPS) is 10.8. The van der Waals surface area contributed by atoms with Gasteiger partial charge in [0.1, 0.15) is 0 Å². The van der Waals surface area contributed by atoms with E-state index in [0.717, 1.165) is 6.08 Å². The summed E-state index contributed by atoms with van der Waals surface area (Å²) in [6, 6.07) is 0. The Labute approximate surface area is 118 Å². The molecule has 0 aliphatic carbocycles. The van der Waals surface area contributed by atoms with Crippen LogP contribution in [0.25, 0.3) is 6.08 Å². The third kappa shape index (κ3) is 4.32. The van der Waals surface area contributed by atoms with Gasteiger partial charge in [0.05, 0.1) is 6.33 Å². The molecule has 2 aromatic rings. The van der Waals surface area contributed by atoms with Crippen molar-refractivity contribution in [3.63, 3.8) is 0 Å². The summed E-state index contributed by atoms with van der Waals surface area (Å²) < 4.78 is 1.81. The lowest BCUT2D eigenvalue weighted by Gasteiger charge is -2.02. The van der Waals surface area contributed by atoms with Crippen molar-refractivity contribution in [3.05, 3.63) is 35.9 Å². The van der Waals surface area contributed by atoms with E-state index in [9.17, 15) is 9.59 Å². The minimum absolute atomic E-state index is 0.151. The Morgan fingerprint density at radius 1 is 1.50 bits per heavy atom. The zero-order chi connectivity index (χ0) is 14.4. The van der Waals surface area contributed by atoms with E-state index < -0.39 is 5.97 Å². The summed E-state index contributed by atoms with van der Waals surface area (Å²) in [7, 11) is 0. The van der Waals surface area contributed by atoms with Crippen LogP contribution in [0.2, 0.25) is 0 Å². The number of aryl methyl sites for hydroxylation is 1. The van der Waals surface area contributed by atoms with Gasteiger partial charge in [-0.15, -0.1) is 0 Å². The highest BCUT2D eigenvalue weighted by molar-refractivity contribution is 7.16. The number of hydrogen-bond acceptors (Lipinski definition) is 5. The molecule has 104 valence electrons. The topological polar surface area (TPSA) is 97.1 Å². The number of carboxylic acids is 1. The molecule has 2 aromatic heterocycles. The van der Waals surface area contributed by atoms with Crippen molar-refractivity contribution in [2.75, 3.05) is 5.32 Å². The molecule has 8 heteroatoms. The number of imidazole rings is 1. The van der Waals surface area contributed by atoms with Crippen LogP contribution in [-0.2, 0) is 16.1 Å². The predicted octanol–water partition coefficient (Wildman–Crippen LogP) is 1.47. The van der Waals surface area contributed by atoms with Crippen molar-refractivity contribution in [2.45, 2.75) is 13.0 Å². The average molecular weight is 292 g/mol. The largest absolute Gasteiger partial charge is 0.478 e. The van der Waals surface area contributed by atoms with E-state index in [1.807, 2.05) is 4.57 Å². The van der Waals surface area contributed by atoms with Gasteiger partial charge in [0.25, 0.3) is 0 Å². The van der Waals surface area contributed by atoms with Gasteiger partial charge in [0.2, 0.25) is 5.91 Å². The molecule has 0 atom stereocenters. The molecule has 0 aromatic carbocycles. The number of carbonyl (C=O) groups is 2. The number of aliphatic carboxylic acids is 1. The number of rotatable bonds is 6. The average Bonchev–Trinajstić information content (AvgIpc) is 3.05. The quantitative estimate of drug-likeness (QED) is 0.786. The van der Waals surface area contributed by atoms with Crippen molar-refractivity contribution < 1.29 is 14.7 Å². The number of thiazole rings is 1. The first-order chi connectivity index (χ1) is 9.63. The van der Waals surface area contributed by atoms with Crippen molar-refractivity contribution in [1.29, 1.82) is 0 Å². The van der Waals surface area contributed by atoms with Crippen LogP contribution in [0.3, 0.4) is 0 Å². The van der Waals surface area contributed by atoms with Crippen LogP contribution in [0.4, 0.5) is 5.13 Å². The molecule has 0 spiro atoms. The minimum Gasteiger partial charge on any atom is -0.478 e. The molecule has 2 heterocycles. The molecule has 0 bridgehead atoms. The van der Waals surface area contributed by atoms with Gasteiger partial charge in [-0.05, 0) is 6.08 Å². The van der Waals surface area contributed by atoms with Gasteiger partial charge in [0, 0.05) is 42.5 Å². The third-order valence-electron chi connectivity index (χ3n) is 2.32. The van der Waals surface area contributed by atoms with Crippen molar-refractivity contribution >= 4 is 34.4 Å². The van der Waals surface area contributed by atoms with Gasteiger partial charge in [-0.2, -0.15) is 0 Å². The van der Waals surface area contributed by atoms with E-state index in [1.54, 1.807) is 18.7 Å². The second-order valence-electron chi connectivity index (χ2n) is 3.84. The molecule has 0 aliphatic rings. The zero-order valence-electron chi connectivity index (χ0n) is 10.4. The smallest absolute Gasteiger partial charge is 0.328 e. The highest BCUT2D eigenvalue weighted by Gasteiger charge is 2.06. The van der Waals surface area contributed by atoms with Gasteiger partial charge >= 0.3 is 5.97 Å². The lowest BCUT2D eigenvalue weighted by Crippen LogP contribution is -2.13. The van der Waals surface area contributed by atoms with E-state index in [-0.39, 0.29) is 5.91 Å². The molecule has 2 N–H and O–H groups in total. The fourth-order valence-electron chi connectivity index (χ4n) is 1.41. The van der Waals surface area contributed by atoms with Gasteiger partial charge < -0.3 is 15.0 Å². The second-order valence-corrected chi connectivity index (χ2v) is 4.90. The summed E-state index contributed by atoms with van der Waals surface area (Å²) in [5, 5.41) is 11.6. The van der Waals surface area contributed by atoms with E-state index >= 15 is 0 Å². The van der Waals surface area contributed by atoms with Gasteiger partial charge in [-0.1, -0.05) is 11.3 Å². The van der Waals surface area contributed by atoms with E-state index in [2.05, 4.69) is 15.3 Å². The van der Waals surface area contributed by atoms with E-state index in [1.165, 1.54) is 23.6 Å². The number of carboxylic acid groups (broad SMARTS) is 1. The summed E-state index contributed by atoms with van der Waals surface area (Å²) in [6.07, 6.45) is 9.36. The Balaban J connectivity index is 1.83. The standard InChI is InChI=1S/C12H12N4O3S/c17-10(3-5-16-6-4-13-8-16)15-12-14-7-9(20-12)1-2-11(18)19/h1-2,4,6-8H,3,5H2,(H,18,19)(H,14,15,17). The minimum atomic E-state index is -1.02. The van der Waals surface area contributed by atoms with Crippen molar-refractivity contribution in [1.82, 2.24) is 14.5 Å². The van der Waals surface area contributed by atoms with Crippen LogP contribution in [0.15, 0.2) is 31.0 Å². The summed E-state index contributed by atoms with van der Waals surface area (Å²) in [5.41, 5.74) is 0. The molecule has 7 nitrogen and oxygen atoms in total. The Morgan fingerprint density at radius 3 is 3.05 bits per heavy atom. The molecule has 0 saturated heterocycles. The maximum atomic E-state index is 11.7. The van der Waals surface area contributed by atoms with Crippen LogP contribution in [0.5, 0.6) is 0 Å². The molecular formula is C12H12N4O3S. The van der Waals surface area contributed by atoms with Crippen LogP contribution in [0, 0.1) is 0 Å². The molecule has 0 aliphatic heterocycles. The Hall–Kier alpha value is -2.48. The zero-order valence-corrected chi connectivity index (χ0v) is 11.2. The van der Waals surface area contributed by atoms with Gasteiger partial charge in [0.15, 0.2) is 5.13 Å². The van der Waals surface area contributed by atoms with Crippen molar-refractivity contribution in [2.24, 2.45) is 0 Å². The lowest BCUT2D eigenvalue weighted by atomic mass is 10.4. The monoisotopic (exact) mass is 292 g/mol. The summed E-state index contributed by atoms with van der Waals surface area (Å²) in [6.45, 7) is 0.545. The molecule has 0 unspecified atom stereocenters. The number of nitrogens with one attached hydrogen (secondary N) is 1. The number of carbonyl (C=O) groups excluding carboxylic acids is 1. The van der Waals surface area contributed by atoms with Crippen LogP contribution in [-0.4, -0.2) is 31.5 Å². The first-order valence-electron chi connectivity index (χ1n) is 5.76. The molecule has 0 fully saturated rings. The number of anilines is 1. The summed E-state index contributed by atoms with van der Waals surface area (Å²) in [5.74, 6) is -1.17. The molecule has 0 radical (unpaired) electrons. The first-order valence-corrected chi connectivity index (χ1v) is 6.57. The Morgan fingerprint density at radius 2 is 2.35 bits per heavy atom. The number of hydrogen-bond donors (Lipinski definition) is 2. The second kappa shape index (κ2) is 6.62. The first kappa shape index (κ1) is 13.9. The third-order valence-corrected chi connectivity index (χ3v) is 3.19. The molecule has 1 amide bonds. The summed E-state index contributed by atoms with van der Waals surface area (Å²) >= 11 is 1.21. The molecule has 2 rings (SSSR count). The number of amides is 1.